The lowest BCUT2D eigenvalue weighted by atomic mass is 9.78. The number of rotatable bonds is 3. The third-order valence-electron chi connectivity index (χ3n) is 6.04. The van der Waals surface area contributed by atoms with Crippen LogP contribution in [0.25, 0.3) is 22.0 Å². The van der Waals surface area contributed by atoms with Crippen molar-refractivity contribution in [2.24, 2.45) is 5.41 Å². The van der Waals surface area contributed by atoms with E-state index in [1.165, 1.54) is 17.8 Å². The summed E-state index contributed by atoms with van der Waals surface area (Å²) in [5, 5.41) is 4.24. The molecule has 4 heterocycles. The van der Waals surface area contributed by atoms with Crippen LogP contribution in [0.1, 0.15) is 28.9 Å². The van der Waals surface area contributed by atoms with Crippen LogP contribution in [0.3, 0.4) is 0 Å². The van der Waals surface area contributed by atoms with E-state index >= 15 is 0 Å². The molecule has 2 saturated heterocycles. The average Bonchev–Trinajstić information content (AvgIpc) is 3.49. The second kappa shape index (κ2) is 7.18. The highest BCUT2D eigenvalue weighted by Crippen LogP contribution is 2.39. The van der Waals surface area contributed by atoms with Gasteiger partial charge in [-0.25, -0.2) is 4.98 Å². The van der Waals surface area contributed by atoms with Gasteiger partial charge in [0.15, 0.2) is 10.8 Å². The fraction of sp³-hybridized carbons (Fsp3) is 0.364. The van der Waals surface area contributed by atoms with Gasteiger partial charge < -0.3 is 14.6 Å². The molecule has 28 heavy (non-hydrogen) atoms. The summed E-state index contributed by atoms with van der Waals surface area (Å²) in [4.78, 5) is 20.9. The molecule has 1 amide bonds. The maximum atomic E-state index is 13.4. The summed E-state index contributed by atoms with van der Waals surface area (Å²) in [5.74, 6) is 0.797. The Balaban J connectivity index is 1.46. The number of hydrogen-bond donors (Lipinski definition) is 1. The van der Waals surface area contributed by atoms with Crippen LogP contribution >= 0.6 is 11.3 Å². The van der Waals surface area contributed by atoms with Gasteiger partial charge in [-0.15, -0.1) is 11.3 Å². The molecule has 3 aromatic rings. The molecular formula is C22H23N3O2S. The zero-order valence-electron chi connectivity index (χ0n) is 15.7. The second-order valence-corrected chi connectivity index (χ2v) is 8.76. The van der Waals surface area contributed by atoms with Gasteiger partial charge in [0.1, 0.15) is 4.88 Å². The molecule has 5 rings (SSSR count). The van der Waals surface area contributed by atoms with Gasteiger partial charge in [0.25, 0.3) is 5.91 Å². The number of carbonyl (C=O) groups is 1. The largest absolute Gasteiger partial charge is 0.462 e. The van der Waals surface area contributed by atoms with Crippen LogP contribution in [0.15, 0.2) is 53.1 Å². The average molecular weight is 394 g/mol. The zero-order chi connectivity index (χ0) is 19.0. The summed E-state index contributed by atoms with van der Waals surface area (Å²) >= 11 is 1.43. The Labute approximate surface area is 168 Å². The minimum Gasteiger partial charge on any atom is -0.462 e. The van der Waals surface area contributed by atoms with E-state index in [0.29, 0.717) is 16.1 Å². The predicted octanol–water partition coefficient (Wildman–Crippen LogP) is 4.29. The Kier molecular flexibility index (Phi) is 4.53. The third-order valence-corrected chi connectivity index (χ3v) is 7.10. The van der Waals surface area contributed by atoms with Crippen molar-refractivity contribution < 1.29 is 9.21 Å². The van der Waals surface area contributed by atoms with E-state index in [1.807, 2.05) is 47.4 Å². The molecule has 0 radical (unpaired) electrons. The number of carbonyl (C=O) groups excluding carboxylic acids is 1. The van der Waals surface area contributed by atoms with Crippen LogP contribution in [-0.2, 0) is 0 Å². The number of amides is 1. The van der Waals surface area contributed by atoms with Crippen molar-refractivity contribution in [1.29, 1.82) is 0 Å². The number of benzene rings is 1. The molecule has 0 saturated carbocycles. The molecule has 1 spiro atoms. The molecule has 144 valence electrons. The standard InChI is InChI=1S/C22H23N3O2S/c26-21(25-12-9-22(10-13-25)8-11-23-15-22)19-18(16-5-2-1-3-6-16)24-20(28-19)17-7-4-14-27-17/h1-7,14,23H,8-13,15H2. The number of likely N-dealkylation sites (tertiary alicyclic amines) is 1. The van der Waals surface area contributed by atoms with Crippen LogP contribution < -0.4 is 5.32 Å². The van der Waals surface area contributed by atoms with E-state index in [0.717, 1.165) is 55.3 Å². The summed E-state index contributed by atoms with van der Waals surface area (Å²) in [5.41, 5.74) is 2.12. The van der Waals surface area contributed by atoms with Crippen LogP contribution in [0, 0.1) is 5.41 Å². The van der Waals surface area contributed by atoms with Gasteiger partial charge >= 0.3 is 0 Å². The molecule has 0 aliphatic carbocycles. The van der Waals surface area contributed by atoms with Crippen LogP contribution in [0.4, 0.5) is 0 Å². The summed E-state index contributed by atoms with van der Waals surface area (Å²) in [6, 6.07) is 13.7. The molecular weight excluding hydrogens is 370 g/mol. The van der Waals surface area contributed by atoms with Crippen molar-refractivity contribution in [3.8, 4) is 22.0 Å². The monoisotopic (exact) mass is 393 g/mol. The van der Waals surface area contributed by atoms with Crippen LogP contribution in [0.2, 0.25) is 0 Å². The predicted molar refractivity (Wildman–Crippen MR) is 110 cm³/mol. The lowest BCUT2D eigenvalue weighted by Crippen LogP contribution is -2.43. The number of nitrogens with zero attached hydrogens (tertiary/aromatic N) is 2. The number of nitrogens with one attached hydrogen (secondary N) is 1. The third kappa shape index (κ3) is 3.16. The van der Waals surface area contributed by atoms with Gasteiger partial charge in [-0.05, 0) is 43.4 Å². The first-order valence-corrected chi connectivity index (χ1v) is 10.7. The summed E-state index contributed by atoms with van der Waals surface area (Å²) < 4.78 is 5.53. The lowest BCUT2D eigenvalue weighted by Gasteiger charge is -2.38. The number of thiazole rings is 1. The van der Waals surface area contributed by atoms with E-state index in [2.05, 4.69) is 5.32 Å². The van der Waals surface area contributed by atoms with E-state index in [1.54, 1.807) is 6.26 Å². The van der Waals surface area contributed by atoms with Crippen molar-refractivity contribution in [1.82, 2.24) is 15.2 Å². The normalized spacial score (nSPS) is 18.6. The van der Waals surface area contributed by atoms with Gasteiger partial charge in [0.2, 0.25) is 0 Å². The lowest BCUT2D eigenvalue weighted by molar-refractivity contribution is 0.0613. The molecule has 0 atom stereocenters. The Bertz CT molecular complexity index is 949. The summed E-state index contributed by atoms with van der Waals surface area (Å²) in [6.07, 6.45) is 5.03. The van der Waals surface area contributed by atoms with Gasteiger partial charge in [-0.1, -0.05) is 30.3 Å². The van der Waals surface area contributed by atoms with Gasteiger partial charge in [-0.3, -0.25) is 4.79 Å². The zero-order valence-corrected chi connectivity index (χ0v) is 16.5. The minimum absolute atomic E-state index is 0.0926. The van der Waals surface area contributed by atoms with E-state index in [9.17, 15) is 4.79 Å². The molecule has 1 aromatic carbocycles. The van der Waals surface area contributed by atoms with Gasteiger partial charge in [0.05, 0.1) is 12.0 Å². The van der Waals surface area contributed by atoms with Gasteiger partial charge in [-0.2, -0.15) is 0 Å². The Morgan fingerprint density at radius 2 is 1.93 bits per heavy atom. The molecule has 2 aliphatic heterocycles. The molecule has 2 aromatic heterocycles. The van der Waals surface area contributed by atoms with Crippen LogP contribution in [0.5, 0.6) is 0 Å². The molecule has 5 nitrogen and oxygen atoms in total. The number of aromatic nitrogens is 1. The number of piperidine rings is 1. The summed E-state index contributed by atoms with van der Waals surface area (Å²) in [6.45, 7) is 3.84. The van der Waals surface area contributed by atoms with Crippen molar-refractivity contribution in [2.45, 2.75) is 19.3 Å². The van der Waals surface area contributed by atoms with Crippen molar-refractivity contribution >= 4 is 17.2 Å². The first-order chi connectivity index (χ1) is 13.7. The Morgan fingerprint density at radius 1 is 1.11 bits per heavy atom. The highest BCUT2D eigenvalue weighted by atomic mass is 32.1. The Hall–Kier alpha value is -2.44. The quantitative estimate of drug-likeness (QED) is 0.721. The highest BCUT2D eigenvalue weighted by Gasteiger charge is 2.39. The smallest absolute Gasteiger partial charge is 0.266 e. The van der Waals surface area contributed by atoms with E-state index in [-0.39, 0.29) is 5.91 Å². The maximum Gasteiger partial charge on any atom is 0.266 e. The molecule has 6 heteroatoms. The number of hydrogen-bond acceptors (Lipinski definition) is 5. The van der Waals surface area contributed by atoms with Crippen molar-refractivity contribution in [3.63, 3.8) is 0 Å². The summed E-state index contributed by atoms with van der Waals surface area (Å²) in [7, 11) is 0. The molecule has 2 fully saturated rings. The van der Waals surface area contributed by atoms with Crippen molar-refractivity contribution in [3.05, 3.63) is 53.6 Å². The van der Waals surface area contributed by atoms with Crippen LogP contribution in [-0.4, -0.2) is 42.0 Å². The first-order valence-electron chi connectivity index (χ1n) is 9.84. The topological polar surface area (TPSA) is 58.4 Å². The molecule has 2 aliphatic rings. The van der Waals surface area contributed by atoms with Crippen molar-refractivity contribution in [2.75, 3.05) is 26.2 Å². The first kappa shape index (κ1) is 17.6. The minimum atomic E-state index is 0.0926. The fourth-order valence-corrected chi connectivity index (χ4v) is 5.34. The highest BCUT2D eigenvalue weighted by molar-refractivity contribution is 7.17. The molecule has 1 N–H and O–H groups in total. The number of furan rings is 1. The second-order valence-electron chi connectivity index (χ2n) is 7.76. The SMILES string of the molecule is O=C(c1sc(-c2ccco2)nc1-c1ccccc1)N1CCC2(CCNC2)CC1. The fourth-order valence-electron chi connectivity index (χ4n) is 4.31. The maximum absolute atomic E-state index is 13.4. The van der Waals surface area contributed by atoms with E-state index in [4.69, 9.17) is 9.40 Å². The van der Waals surface area contributed by atoms with Gasteiger partial charge in [0, 0.05) is 25.2 Å². The van der Waals surface area contributed by atoms with E-state index < -0.39 is 0 Å². The molecule has 0 unspecified atom stereocenters. The Morgan fingerprint density at radius 3 is 2.61 bits per heavy atom. The molecule has 0 bridgehead atoms.